The molecule has 4 aromatic rings. The number of methoxy groups -OCH3 is 2. The van der Waals surface area contributed by atoms with Crippen molar-refractivity contribution in [3.63, 3.8) is 0 Å². The first-order valence-electron chi connectivity index (χ1n) is 10.3. The lowest BCUT2D eigenvalue weighted by Gasteiger charge is -2.33. The molecule has 32 heavy (non-hydrogen) atoms. The number of nitrogens with zero attached hydrogens (tertiary/aromatic N) is 6. The van der Waals surface area contributed by atoms with Gasteiger partial charge in [-0.15, -0.1) is 0 Å². The lowest BCUT2D eigenvalue weighted by Crippen LogP contribution is -2.38. The maximum atomic E-state index is 5.48. The van der Waals surface area contributed by atoms with Crippen LogP contribution in [-0.4, -0.2) is 58.7 Å². The first kappa shape index (κ1) is 20.2. The largest absolute Gasteiger partial charge is 0.497 e. The fourth-order valence-corrected chi connectivity index (χ4v) is 3.66. The molecule has 5 rings (SSSR count). The summed E-state index contributed by atoms with van der Waals surface area (Å²) in [4.78, 5) is 16.3. The number of aryl methyl sites for hydroxylation is 1. The third-order valence-electron chi connectivity index (χ3n) is 5.47. The first-order valence-corrected chi connectivity index (χ1v) is 10.3. The van der Waals surface area contributed by atoms with Crippen LogP contribution in [0.15, 0.2) is 48.9 Å². The van der Waals surface area contributed by atoms with E-state index in [1.165, 1.54) is 0 Å². The molecule has 4 heterocycles. The molecule has 0 atom stereocenters. The van der Waals surface area contributed by atoms with Gasteiger partial charge in [-0.25, -0.2) is 9.97 Å². The van der Waals surface area contributed by atoms with Gasteiger partial charge in [-0.2, -0.15) is 5.10 Å². The molecule has 0 spiro atoms. The summed E-state index contributed by atoms with van der Waals surface area (Å²) in [6.45, 7) is 2.22. The normalized spacial score (nSPS) is 13.7. The van der Waals surface area contributed by atoms with Crippen molar-refractivity contribution in [1.82, 2.24) is 24.7 Å². The zero-order valence-electron chi connectivity index (χ0n) is 18.2. The molecule has 0 radical (unpaired) electrons. The summed E-state index contributed by atoms with van der Waals surface area (Å²) in [6.07, 6.45) is 5.42. The van der Waals surface area contributed by atoms with Gasteiger partial charge in [0.05, 0.1) is 45.5 Å². The Kier molecular flexibility index (Phi) is 5.32. The van der Waals surface area contributed by atoms with E-state index in [-0.39, 0.29) is 0 Å². The van der Waals surface area contributed by atoms with E-state index < -0.39 is 0 Å². The van der Waals surface area contributed by atoms with Crippen molar-refractivity contribution in [2.75, 3.05) is 38.9 Å². The molecule has 3 aromatic heterocycles. The second kappa shape index (κ2) is 8.43. The average Bonchev–Trinajstić information content (AvgIpc) is 3.23. The van der Waals surface area contributed by atoms with Gasteiger partial charge in [0.15, 0.2) is 5.65 Å². The number of hydrogen-bond acceptors (Lipinski definition) is 8. The Morgan fingerprint density at radius 2 is 1.84 bits per heavy atom. The van der Waals surface area contributed by atoms with Crippen LogP contribution in [0.3, 0.4) is 0 Å². The minimum atomic E-state index is 0.414. The van der Waals surface area contributed by atoms with Crippen LogP contribution in [0.25, 0.3) is 22.4 Å². The predicted octanol–water partition coefficient (Wildman–Crippen LogP) is 3.23. The molecule has 0 N–H and O–H groups in total. The van der Waals surface area contributed by atoms with Gasteiger partial charge >= 0.3 is 0 Å². The summed E-state index contributed by atoms with van der Waals surface area (Å²) in [5.41, 5.74) is 3.87. The highest BCUT2D eigenvalue weighted by Crippen LogP contribution is 2.34. The molecule has 0 amide bonds. The Balaban J connectivity index is 1.58. The quantitative estimate of drug-likeness (QED) is 0.440. The highest BCUT2D eigenvalue weighted by Gasteiger charge is 2.24. The molecule has 1 aliphatic heterocycles. The second-order valence-corrected chi connectivity index (χ2v) is 7.76. The van der Waals surface area contributed by atoms with Crippen molar-refractivity contribution in [1.29, 1.82) is 0 Å². The summed E-state index contributed by atoms with van der Waals surface area (Å²) < 4.78 is 18.1. The number of fused-ring (bicyclic) bond motifs is 1. The minimum absolute atomic E-state index is 0.414. The molecule has 0 aliphatic carbocycles. The Morgan fingerprint density at radius 1 is 1.06 bits per heavy atom. The van der Waals surface area contributed by atoms with Crippen LogP contribution < -0.4 is 14.4 Å². The summed E-state index contributed by atoms with van der Waals surface area (Å²) in [6, 6.07) is 9.72. The fourth-order valence-electron chi connectivity index (χ4n) is 3.66. The zero-order chi connectivity index (χ0) is 22.1. The molecule has 9 nitrogen and oxygen atoms in total. The molecule has 164 valence electrons. The van der Waals surface area contributed by atoms with Crippen LogP contribution >= 0.6 is 0 Å². The summed E-state index contributed by atoms with van der Waals surface area (Å²) in [5.74, 6) is 2.62. The third kappa shape index (κ3) is 3.94. The molecule has 1 saturated heterocycles. The van der Waals surface area contributed by atoms with Gasteiger partial charge in [-0.05, 0) is 12.1 Å². The Hall–Kier alpha value is -3.72. The second-order valence-electron chi connectivity index (χ2n) is 7.76. The third-order valence-corrected chi connectivity index (χ3v) is 5.47. The Labute approximate surface area is 185 Å². The maximum Gasteiger partial charge on any atom is 0.180 e. The number of benzene rings is 1. The fraction of sp³-hybridized carbons (Fsp3) is 0.304. The van der Waals surface area contributed by atoms with E-state index >= 15 is 0 Å². The number of rotatable bonds is 7. The molecule has 1 aromatic carbocycles. The van der Waals surface area contributed by atoms with Gasteiger partial charge in [0.1, 0.15) is 22.8 Å². The summed E-state index contributed by atoms with van der Waals surface area (Å²) in [5, 5.41) is 4.22. The minimum Gasteiger partial charge on any atom is -0.497 e. The van der Waals surface area contributed by atoms with Gasteiger partial charge in [-0.3, -0.25) is 9.67 Å². The average molecular weight is 432 g/mol. The number of pyridine rings is 1. The lowest BCUT2D eigenvalue weighted by molar-refractivity contribution is -0.0267. The summed E-state index contributed by atoms with van der Waals surface area (Å²) >= 11 is 0. The van der Waals surface area contributed by atoms with Crippen LogP contribution in [0.2, 0.25) is 0 Å². The topological polar surface area (TPSA) is 87.4 Å². The maximum absolute atomic E-state index is 5.48. The molecular weight excluding hydrogens is 408 g/mol. The van der Waals surface area contributed by atoms with Gasteiger partial charge in [0, 0.05) is 55.2 Å². The standard InChI is InChI=1S/C23H24N6O3/c1-28-12-16(9-25-28)21-10-24-20-4-5-22(27-23(20)26-21)29(11-15-13-32-14-15)17-6-18(30-2)8-19(7-17)31-3/h4-10,12,15H,11,13-14H2,1-3H3. The molecule has 9 heteroatoms. The van der Waals surface area contributed by atoms with Gasteiger partial charge < -0.3 is 19.1 Å². The number of ether oxygens (including phenoxy) is 3. The predicted molar refractivity (Wildman–Crippen MR) is 120 cm³/mol. The number of aromatic nitrogens is 5. The van der Waals surface area contributed by atoms with E-state index in [9.17, 15) is 0 Å². The van der Waals surface area contributed by atoms with Crippen molar-refractivity contribution in [3.05, 3.63) is 48.9 Å². The lowest BCUT2D eigenvalue weighted by atomic mass is 10.1. The molecule has 1 aliphatic rings. The Morgan fingerprint density at radius 3 is 2.47 bits per heavy atom. The van der Waals surface area contributed by atoms with E-state index in [0.717, 1.165) is 48.0 Å². The van der Waals surface area contributed by atoms with Crippen molar-refractivity contribution < 1.29 is 14.2 Å². The van der Waals surface area contributed by atoms with E-state index in [0.29, 0.717) is 23.1 Å². The molecule has 0 saturated carbocycles. The molecule has 1 fully saturated rings. The number of hydrogen-bond donors (Lipinski definition) is 0. The van der Waals surface area contributed by atoms with E-state index in [1.807, 2.05) is 43.6 Å². The van der Waals surface area contributed by atoms with E-state index in [4.69, 9.17) is 24.2 Å². The Bertz CT molecular complexity index is 1230. The van der Waals surface area contributed by atoms with Crippen molar-refractivity contribution in [2.45, 2.75) is 0 Å². The van der Waals surface area contributed by atoms with Gasteiger partial charge in [0.25, 0.3) is 0 Å². The van der Waals surface area contributed by atoms with Crippen molar-refractivity contribution in [2.24, 2.45) is 13.0 Å². The SMILES string of the molecule is COc1cc(OC)cc(N(CC2COC2)c2ccc3ncc(-c4cnn(C)c4)nc3n2)c1. The highest BCUT2D eigenvalue weighted by molar-refractivity contribution is 5.77. The van der Waals surface area contributed by atoms with Crippen LogP contribution in [0.1, 0.15) is 0 Å². The van der Waals surface area contributed by atoms with Crippen molar-refractivity contribution >= 4 is 22.7 Å². The monoisotopic (exact) mass is 432 g/mol. The van der Waals surface area contributed by atoms with E-state index in [2.05, 4.69) is 15.0 Å². The van der Waals surface area contributed by atoms with Crippen molar-refractivity contribution in [3.8, 4) is 22.8 Å². The molecule has 0 bridgehead atoms. The first-order chi connectivity index (χ1) is 15.6. The van der Waals surface area contributed by atoms with Crippen LogP contribution in [-0.2, 0) is 11.8 Å². The smallest absolute Gasteiger partial charge is 0.180 e. The van der Waals surface area contributed by atoms with Crippen LogP contribution in [0, 0.1) is 5.92 Å². The van der Waals surface area contributed by atoms with E-state index in [1.54, 1.807) is 31.3 Å². The highest BCUT2D eigenvalue weighted by atomic mass is 16.5. The van der Waals surface area contributed by atoms with Gasteiger partial charge in [-0.1, -0.05) is 0 Å². The number of anilines is 2. The molecular formula is C23H24N6O3. The molecule has 0 unspecified atom stereocenters. The summed E-state index contributed by atoms with van der Waals surface area (Å²) in [7, 11) is 5.16. The van der Waals surface area contributed by atoms with Crippen LogP contribution in [0.5, 0.6) is 11.5 Å². The van der Waals surface area contributed by atoms with Gasteiger partial charge in [0.2, 0.25) is 0 Å². The zero-order valence-corrected chi connectivity index (χ0v) is 18.2. The van der Waals surface area contributed by atoms with Crippen LogP contribution in [0.4, 0.5) is 11.5 Å².